The summed E-state index contributed by atoms with van der Waals surface area (Å²) in [6, 6.07) is 5.34. The Morgan fingerprint density at radius 3 is 2.62 bits per heavy atom. The van der Waals surface area contributed by atoms with Gasteiger partial charge in [0.25, 0.3) is 5.91 Å². The second-order valence-electron chi connectivity index (χ2n) is 8.39. The second kappa shape index (κ2) is 9.55. The molecule has 162 valence electrons. The molecule has 0 unspecified atom stereocenters. The van der Waals surface area contributed by atoms with E-state index >= 15 is 0 Å². The van der Waals surface area contributed by atoms with Gasteiger partial charge < -0.3 is 15.4 Å². The minimum atomic E-state index is -3.61. The first kappa shape index (κ1) is 22.2. The molecule has 3 atom stereocenters. The smallest absolute Gasteiger partial charge is 0.282 e. The molecule has 1 aromatic rings. The highest BCUT2D eigenvalue weighted by molar-refractivity contribution is 7.89. The summed E-state index contributed by atoms with van der Waals surface area (Å²) >= 11 is 0. The van der Waals surface area contributed by atoms with Crippen LogP contribution in [0.2, 0.25) is 0 Å². The van der Waals surface area contributed by atoms with Gasteiger partial charge in [-0.05, 0) is 50.8 Å². The Bertz CT molecular complexity index is 821. The zero-order valence-corrected chi connectivity index (χ0v) is 18.5. The number of hydrogen-bond acceptors (Lipinski definition) is 4. The summed E-state index contributed by atoms with van der Waals surface area (Å²) in [6.45, 7) is 7.46. The van der Waals surface area contributed by atoms with Gasteiger partial charge >= 0.3 is 0 Å². The predicted octanol–water partition coefficient (Wildman–Crippen LogP) is 1.49. The van der Waals surface area contributed by atoms with Crippen LogP contribution in [0, 0.1) is 12.8 Å². The summed E-state index contributed by atoms with van der Waals surface area (Å²) in [4.78, 5) is 13.0. The largest absolute Gasteiger partial charge is 0.379 e. The van der Waals surface area contributed by atoms with Crippen LogP contribution in [0.25, 0.3) is 0 Å². The van der Waals surface area contributed by atoms with Crippen molar-refractivity contribution in [3.8, 4) is 0 Å². The maximum absolute atomic E-state index is 13.0. The molecule has 0 bridgehead atoms. The predicted molar refractivity (Wildman–Crippen MR) is 112 cm³/mol. The van der Waals surface area contributed by atoms with Crippen LogP contribution in [0.5, 0.6) is 0 Å². The van der Waals surface area contributed by atoms with Gasteiger partial charge in [0, 0.05) is 24.7 Å². The molecule has 1 saturated carbocycles. The van der Waals surface area contributed by atoms with Crippen LogP contribution in [0.15, 0.2) is 23.1 Å². The maximum atomic E-state index is 13.0. The van der Waals surface area contributed by atoms with Gasteiger partial charge in [0.05, 0.1) is 24.2 Å². The Balaban J connectivity index is 1.69. The van der Waals surface area contributed by atoms with E-state index in [1.807, 2.05) is 6.92 Å². The number of ether oxygens (including phenoxy) is 1. The highest BCUT2D eigenvalue weighted by atomic mass is 32.2. The van der Waals surface area contributed by atoms with E-state index < -0.39 is 10.0 Å². The lowest BCUT2D eigenvalue weighted by atomic mass is 9.85. The molecule has 3 rings (SSSR count). The molecule has 2 aliphatic rings. The Kier molecular flexibility index (Phi) is 7.32. The minimum Gasteiger partial charge on any atom is -0.379 e. The Morgan fingerprint density at radius 2 is 1.93 bits per heavy atom. The van der Waals surface area contributed by atoms with Gasteiger partial charge in [-0.1, -0.05) is 19.4 Å². The molecule has 1 aromatic carbocycles. The van der Waals surface area contributed by atoms with Crippen molar-refractivity contribution in [1.82, 2.24) is 4.31 Å². The number of carbonyl (C=O) groups excluding carboxylic acids is 1. The molecule has 2 fully saturated rings. The van der Waals surface area contributed by atoms with Crippen molar-refractivity contribution in [3.05, 3.63) is 23.8 Å². The molecule has 7 nitrogen and oxygen atoms in total. The lowest BCUT2D eigenvalue weighted by Gasteiger charge is -2.28. The molecule has 1 aliphatic heterocycles. The van der Waals surface area contributed by atoms with Crippen molar-refractivity contribution in [1.29, 1.82) is 0 Å². The van der Waals surface area contributed by atoms with Crippen molar-refractivity contribution in [3.63, 3.8) is 0 Å². The third kappa shape index (κ3) is 5.36. The van der Waals surface area contributed by atoms with Crippen molar-refractivity contribution >= 4 is 21.6 Å². The number of morpholine rings is 1. The molecule has 8 heteroatoms. The molecule has 0 spiro atoms. The number of anilines is 1. The van der Waals surface area contributed by atoms with Gasteiger partial charge in [-0.25, -0.2) is 8.42 Å². The van der Waals surface area contributed by atoms with E-state index in [0.29, 0.717) is 49.5 Å². The van der Waals surface area contributed by atoms with Crippen LogP contribution in [0.3, 0.4) is 0 Å². The fourth-order valence-corrected chi connectivity index (χ4v) is 5.89. The van der Waals surface area contributed by atoms with Gasteiger partial charge in [-0.3, -0.25) is 4.79 Å². The fourth-order valence-electron chi connectivity index (χ4n) is 4.23. The van der Waals surface area contributed by atoms with Crippen molar-refractivity contribution < 1.29 is 23.3 Å². The third-order valence-electron chi connectivity index (χ3n) is 6.17. The zero-order chi connectivity index (χ0) is 21.0. The minimum absolute atomic E-state index is 0.0960. The number of sulfonamides is 1. The Hall–Kier alpha value is -1.48. The first-order valence-corrected chi connectivity index (χ1v) is 12.1. The lowest BCUT2D eigenvalue weighted by molar-refractivity contribution is -0.714. The first-order valence-electron chi connectivity index (χ1n) is 10.6. The average Bonchev–Trinajstić information content (AvgIpc) is 2.71. The number of amides is 1. The van der Waals surface area contributed by atoms with Gasteiger partial charge in [0.15, 0.2) is 6.04 Å². The second-order valence-corrected chi connectivity index (χ2v) is 10.3. The number of aryl methyl sites for hydroxylation is 1. The average molecular weight is 425 g/mol. The van der Waals surface area contributed by atoms with Crippen molar-refractivity contribution in [2.24, 2.45) is 5.92 Å². The van der Waals surface area contributed by atoms with E-state index in [9.17, 15) is 13.2 Å². The molecule has 1 aliphatic carbocycles. The monoisotopic (exact) mass is 424 g/mol. The zero-order valence-electron chi connectivity index (χ0n) is 17.7. The van der Waals surface area contributed by atoms with Crippen molar-refractivity contribution in [2.45, 2.75) is 63.4 Å². The third-order valence-corrected chi connectivity index (χ3v) is 8.21. The van der Waals surface area contributed by atoms with E-state index in [2.05, 4.69) is 17.6 Å². The molecule has 29 heavy (non-hydrogen) atoms. The van der Waals surface area contributed by atoms with E-state index in [4.69, 9.17) is 4.74 Å². The lowest BCUT2D eigenvalue weighted by Crippen LogP contribution is -2.97. The van der Waals surface area contributed by atoms with E-state index in [1.54, 1.807) is 25.1 Å². The molecular formula is C21H34N3O4S+. The van der Waals surface area contributed by atoms with Crippen LogP contribution >= 0.6 is 0 Å². The van der Waals surface area contributed by atoms with E-state index in [0.717, 1.165) is 6.42 Å². The SMILES string of the molecule is Cc1ccc(NC(=O)[C@H](C)[NH2+][C@@H]2CCCC[C@@H]2C)cc1S(=O)(=O)N1CCOCC1. The Labute approximate surface area is 174 Å². The summed E-state index contributed by atoms with van der Waals surface area (Å²) in [5, 5.41) is 5.08. The first-order chi connectivity index (χ1) is 13.8. The summed E-state index contributed by atoms with van der Waals surface area (Å²) < 4.78 is 32.8. The summed E-state index contributed by atoms with van der Waals surface area (Å²) in [5.74, 6) is 0.519. The number of carbonyl (C=O) groups is 1. The van der Waals surface area contributed by atoms with Crippen LogP contribution < -0.4 is 10.6 Å². The molecule has 1 saturated heterocycles. The molecule has 1 heterocycles. The van der Waals surface area contributed by atoms with Crippen LogP contribution in [-0.2, 0) is 19.6 Å². The molecule has 0 radical (unpaired) electrons. The van der Waals surface area contributed by atoms with Gasteiger partial charge in [0.2, 0.25) is 10.0 Å². The van der Waals surface area contributed by atoms with Crippen LogP contribution in [0.1, 0.15) is 45.1 Å². The normalized spacial score (nSPS) is 24.8. The number of nitrogens with one attached hydrogen (secondary N) is 1. The number of benzene rings is 1. The summed E-state index contributed by atoms with van der Waals surface area (Å²) in [6.07, 6.45) is 4.86. The Morgan fingerprint density at radius 1 is 1.24 bits per heavy atom. The molecule has 3 N–H and O–H groups in total. The van der Waals surface area contributed by atoms with Crippen LogP contribution in [0.4, 0.5) is 5.69 Å². The van der Waals surface area contributed by atoms with Crippen LogP contribution in [-0.4, -0.2) is 57.0 Å². The highest BCUT2D eigenvalue weighted by Gasteiger charge is 2.30. The standard InChI is InChI=1S/C21H33N3O4S/c1-15-6-4-5-7-19(15)22-17(3)21(25)23-18-9-8-16(2)20(14-18)29(26,27)24-10-12-28-13-11-24/h8-9,14-15,17,19,22H,4-7,10-13H2,1-3H3,(H,23,25)/p+1/t15-,17-,19+/m0/s1. The maximum Gasteiger partial charge on any atom is 0.282 e. The van der Waals surface area contributed by atoms with Gasteiger partial charge in [-0.2, -0.15) is 4.31 Å². The number of quaternary nitrogens is 1. The molecule has 1 amide bonds. The van der Waals surface area contributed by atoms with Gasteiger partial charge in [0.1, 0.15) is 0 Å². The number of hydrogen-bond donors (Lipinski definition) is 2. The summed E-state index contributed by atoms with van der Waals surface area (Å²) in [7, 11) is -3.61. The van der Waals surface area contributed by atoms with Gasteiger partial charge in [-0.15, -0.1) is 0 Å². The summed E-state index contributed by atoms with van der Waals surface area (Å²) in [5.41, 5.74) is 1.19. The van der Waals surface area contributed by atoms with E-state index in [1.165, 1.54) is 23.6 Å². The molecular weight excluding hydrogens is 390 g/mol. The topological polar surface area (TPSA) is 92.3 Å². The van der Waals surface area contributed by atoms with Crippen molar-refractivity contribution in [2.75, 3.05) is 31.6 Å². The molecule has 0 aromatic heterocycles. The number of nitrogens with two attached hydrogens (primary N) is 1. The van der Waals surface area contributed by atoms with E-state index in [-0.39, 0.29) is 16.8 Å². The number of rotatable bonds is 6. The quantitative estimate of drug-likeness (QED) is 0.724. The highest BCUT2D eigenvalue weighted by Crippen LogP contribution is 2.25. The number of nitrogens with zero attached hydrogens (tertiary/aromatic N) is 1. The fraction of sp³-hybridized carbons (Fsp3) is 0.667.